The number of hydrogen-bond acceptors (Lipinski definition) is 2. The third-order valence-corrected chi connectivity index (χ3v) is 3.63. The fourth-order valence-corrected chi connectivity index (χ4v) is 2.80. The van der Waals surface area contributed by atoms with Gasteiger partial charge in [0, 0.05) is 24.7 Å². The van der Waals surface area contributed by atoms with Crippen molar-refractivity contribution in [2.75, 3.05) is 26.2 Å². The molecule has 0 saturated carbocycles. The molecule has 3 heteroatoms. The van der Waals surface area contributed by atoms with Crippen LogP contribution >= 0.6 is 11.6 Å². The molecule has 2 rings (SSSR count). The highest BCUT2D eigenvalue weighted by Gasteiger charge is 2.31. The monoisotopic (exact) mass is 214 g/mol. The average Bonchev–Trinajstić information content (AvgIpc) is 2.22. The van der Waals surface area contributed by atoms with Crippen molar-refractivity contribution in [3.63, 3.8) is 0 Å². The topological polar surface area (TPSA) is 15.3 Å². The standard InChI is InChI=1S/C11H19ClN2/c12-5-2-6-13-11-4-8-14-7-1-3-10(11)9-14/h2,5,10-11,13H,1,3-4,6-9H2/b5-2+. The number of nitrogens with zero attached hydrogens (tertiary/aromatic N) is 1. The van der Waals surface area contributed by atoms with Crippen LogP contribution in [-0.4, -0.2) is 37.1 Å². The van der Waals surface area contributed by atoms with Gasteiger partial charge in [0.15, 0.2) is 0 Å². The summed E-state index contributed by atoms with van der Waals surface area (Å²) in [4.78, 5) is 2.60. The molecule has 2 aliphatic heterocycles. The smallest absolute Gasteiger partial charge is 0.0149 e. The van der Waals surface area contributed by atoms with Crippen LogP contribution in [0.15, 0.2) is 11.6 Å². The molecular formula is C11H19ClN2. The minimum atomic E-state index is 0.722. The molecule has 1 N–H and O–H groups in total. The molecule has 0 aromatic carbocycles. The minimum absolute atomic E-state index is 0.722. The Morgan fingerprint density at radius 1 is 1.36 bits per heavy atom. The van der Waals surface area contributed by atoms with E-state index in [9.17, 15) is 0 Å². The first kappa shape index (κ1) is 10.5. The molecule has 3 atom stereocenters. The quantitative estimate of drug-likeness (QED) is 0.771. The fraction of sp³-hybridized carbons (Fsp3) is 0.818. The summed E-state index contributed by atoms with van der Waals surface area (Å²) in [6.07, 6.45) is 6.07. The molecule has 0 aromatic heterocycles. The molecule has 14 heavy (non-hydrogen) atoms. The summed E-state index contributed by atoms with van der Waals surface area (Å²) in [5, 5.41) is 3.58. The fourth-order valence-electron chi connectivity index (χ4n) is 2.71. The first-order chi connectivity index (χ1) is 6.90. The SMILES string of the molecule is Cl/C=C/CNC1CCN2CCCC1C2. The van der Waals surface area contributed by atoms with Crippen molar-refractivity contribution in [1.82, 2.24) is 10.2 Å². The lowest BCUT2D eigenvalue weighted by Gasteiger charge is -2.42. The van der Waals surface area contributed by atoms with Crippen molar-refractivity contribution in [1.29, 1.82) is 0 Å². The van der Waals surface area contributed by atoms with Crippen LogP contribution in [0.1, 0.15) is 19.3 Å². The van der Waals surface area contributed by atoms with Gasteiger partial charge in [-0.25, -0.2) is 0 Å². The van der Waals surface area contributed by atoms with Gasteiger partial charge in [-0.3, -0.25) is 0 Å². The van der Waals surface area contributed by atoms with Crippen LogP contribution in [-0.2, 0) is 0 Å². The normalized spacial score (nSPS) is 37.6. The third-order valence-electron chi connectivity index (χ3n) is 3.45. The van der Waals surface area contributed by atoms with Crippen molar-refractivity contribution in [2.24, 2.45) is 5.92 Å². The zero-order chi connectivity index (χ0) is 9.80. The summed E-state index contributed by atoms with van der Waals surface area (Å²) < 4.78 is 0. The molecule has 2 heterocycles. The van der Waals surface area contributed by atoms with E-state index in [0.29, 0.717) is 0 Å². The van der Waals surface area contributed by atoms with Crippen molar-refractivity contribution >= 4 is 11.6 Å². The van der Waals surface area contributed by atoms with Gasteiger partial charge in [0.1, 0.15) is 0 Å². The third kappa shape index (κ3) is 2.50. The first-order valence-electron chi connectivity index (χ1n) is 5.61. The van der Waals surface area contributed by atoms with Crippen LogP contribution in [0.4, 0.5) is 0 Å². The van der Waals surface area contributed by atoms with Crippen LogP contribution in [0, 0.1) is 5.92 Å². The van der Waals surface area contributed by atoms with E-state index in [1.54, 1.807) is 5.54 Å². The molecule has 2 fully saturated rings. The average molecular weight is 215 g/mol. The second kappa shape index (κ2) is 5.15. The summed E-state index contributed by atoms with van der Waals surface area (Å²) in [5.74, 6) is 0.876. The predicted molar refractivity (Wildman–Crippen MR) is 60.6 cm³/mol. The maximum atomic E-state index is 5.50. The number of hydrogen-bond donors (Lipinski definition) is 1. The number of rotatable bonds is 3. The maximum absolute atomic E-state index is 5.50. The maximum Gasteiger partial charge on any atom is 0.0149 e. The molecule has 2 bridgehead atoms. The highest BCUT2D eigenvalue weighted by molar-refractivity contribution is 6.25. The summed E-state index contributed by atoms with van der Waals surface area (Å²) in [6, 6.07) is 0.722. The van der Waals surface area contributed by atoms with Crippen LogP contribution in [0.5, 0.6) is 0 Å². The van der Waals surface area contributed by atoms with E-state index in [2.05, 4.69) is 10.2 Å². The van der Waals surface area contributed by atoms with Gasteiger partial charge in [0.2, 0.25) is 0 Å². The van der Waals surface area contributed by atoms with E-state index in [-0.39, 0.29) is 0 Å². The molecule has 0 aliphatic carbocycles. The lowest BCUT2D eigenvalue weighted by Crippen LogP contribution is -2.52. The van der Waals surface area contributed by atoms with E-state index in [1.807, 2.05) is 6.08 Å². The van der Waals surface area contributed by atoms with Gasteiger partial charge in [-0.15, -0.1) is 0 Å². The largest absolute Gasteiger partial charge is 0.310 e. The number of nitrogens with one attached hydrogen (secondary N) is 1. The van der Waals surface area contributed by atoms with Crippen LogP contribution in [0.3, 0.4) is 0 Å². The van der Waals surface area contributed by atoms with E-state index in [1.165, 1.54) is 38.9 Å². The summed E-state index contributed by atoms with van der Waals surface area (Å²) in [6.45, 7) is 4.83. The lowest BCUT2D eigenvalue weighted by molar-refractivity contribution is 0.0937. The van der Waals surface area contributed by atoms with Crippen molar-refractivity contribution < 1.29 is 0 Å². The zero-order valence-electron chi connectivity index (χ0n) is 8.58. The molecule has 0 aromatic rings. The Hall–Kier alpha value is -0.0500. The molecule has 2 saturated heterocycles. The number of piperidine rings is 2. The molecule has 2 aliphatic rings. The number of fused-ring (bicyclic) bond motifs is 2. The lowest BCUT2D eigenvalue weighted by atomic mass is 9.85. The predicted octanol–water partition coefficient (Wildman–Crippen LogP) is 1.81. The molecule has 80 valence electrons. The highest BCUT2D eigenvalue weighted by Crippen LogP contribution is 2.26. The highest BCUT2D eigenvalue weighted by atomic mass is 35.5. The molecule has 0 spiro atoms. The van der Waals surface area contributed by atoms with E-state index >= 15 is 0 Å². The van der Waals surface area contributed by atoms with Gasteiger partial charge in [0.25, 0.3) is 0 Å². The van der Waals surface area contributed by atoms with Gasteiger partial charge in [-0.2, -0.15) is 0 Å². The Labute approximate surface area is 91.3 Å². The van der Waals surface area contributed by atoms with Crippen LogP contribution in [0.2, 0.25) is 0 Å². The summed E-state index contributed by atoms with van der Waals surface area (Å²) >= 11 is 5.50. The van der Waals surface area contributed by atoms with Crippen molar-refractivity contribution in [2.45, 2.75) is 25.3 Å². The van der Waals surface area contributed by atoms with Gasteiger partial charge < -0.3 is 10.2 Å². The molecule has 3 unspecified atom stereocenters. The molecular weight excluding hydrogens is 196 g/mol. The molecule has 0 amide bonds. The number of halogens is 1. The van der Waals surface area contributed by atoms with Gasteiger partial charge >= 0.3 is 0 Å². The minimum Gasteiger partial charge on any atom is -0.310 e. The van der Waals surface area contributed by atoms with Gasteiger partial charge in [-0.1, -0.05) is 17.7 Å². The Bertz CT molecular complexity index is 205. The van der Waals surface area contributed by atoms with Crippen molar-refractivity contribution in [3.05, 3.63) is 11.6 Å². The van der Waals surface area contributed by atoms with Crippen molar-refractivity contribution in [3.8, 4) is 0 Å². The zero-order valence-corrected chi connectivity index (χ0v) is 9.34. The summed E-state index contributed by atoms with van der Waals surface area (Å²) in [7, 11) is 0. The Morgan fingerprint density at radius 3 is 3.14 bits per heavy atom. The van der Waals surface area contributed by atoms with Gasteiger partial charge in [-0.05, 0) is 38.3 Å². The van der Waals surface area contributed by atoms with E-state index < -0.39 is 0 Å². The van der Waals surface area contributed by atoms with E-state index in [0.717, 1.165) is 18.5 Å². The van der Waals surface area contributed by atoms with Gasteiger partial charge in [0.05, 0.1) is 0 Å². The Kier molecular flexibility index (Phi) is 3.85. The second-order valence-corrected chi connectivity index (χ2v) is 4.62. The Balaban J connectivity index is 1.80. The first-order valence-corrected chi connectivity index (χ1v) is 6.05. The van der Waals surface area contributed by atoms with Crippen LogP contribution in [0.25, 0.3) is 0 Å². The summed E-state index contributed by atoms with van der Waals surface area (Å²) in [5.41, 5.74) is 1.60. The second-order valence-electron chi connectivity index (χ2n) is 4.37. The Morgan fingerprint density at radius 2 is 2.29 bits per heavy atom. The van der Waals surface area contributed by atoms with E-state index in [4.69, 9.17) is 11.6 Å². The molecule has 0 radical (unpaired) electrons. The van der Waals surface area contributed by atoms with Crippen LogP contribution < -0.4 is 5.32 Å². The molecule has 2 nitrogen and oxygen atoms in total.